The van der Waals surface area contributed by atoms with Crippen molar-refractivity contribution >= 4 is 11.7 Å². The van der Waals surface area contributed by atoms with Crippen LogP contribution in [-0.4, -0.2) is 12.1 Å². The molecule has 1 fully saturated rings. The minimum absolute atomic E-state index is 0.201. The van der Waals surface area contributed by atoms with Gasteiger partial charge < -0.3 is 10.6 Å². The van der Waals surface area contributed by atoms with Gasteiger partial charge in [0.1, 0.15) is 5.82 Å². The summed E-state index contributed by atoms with van der Waals surface area (Å²) in [5.74, 6) is 0.234. The maximum Gasteiger partial charge on any atom is 0.319 e. The molecule has 0 spiro atoms. The molecule has 2 atom stereocenters. The summed E-state index contributed by atoms with van der Waals surface area (Å²) in [6.07, 6.45) is 4.63. The van der Waals surface area contributed by atoms with Crippen LogP contribution in [0.4, 0.5) is 14.9 Å². The summed E-state index contributed by atoms with van der Waals surface area (Å²) in [7, 11) is 0. The molecule has 2 N–H and O–H groups in total. The van der Waals surface area contributed by atoms with Crippen molar-refractivity contribution in [3.05, 3.63) is 29.6 Å². The Morgan fingerprint density at radius 3 is 2.74 bits per heavy atom. The number of halogens is 1. The Balaban J connectivity index is 1.93. The molecule has 0 unspecified atom stereocenters. The minimum Gasteiger partial charge on any atom is -0.335 e. The van der Waals surface area contributed by atoms with E-state index in [4.69, 9.17) is 0 Å². The van der Waals surface area contributed by atoms with Gasteiger partial charge in [0.15, 0.2) is 0 Å². The number of carbonyl (C=O) groups excluding carboxylic acids is 1. The number of urea groups is 1. The third-order valence-electron chi connectivity index (χ3n) is 3.86. The smallest absolute Gasteiger partial charge is 0.319 e. The number of anilines is 1. The summed E-state index contributed by atoms with van der Waals surface area (Å²) in [6.45, 7) is 3.95. The fraction of sp³-hybridized carbons (Fsp3) is 0.533. The Bertz CT molecular complexity index is 461. The van der Waals surface area contributed by atoms with E-state index in [0.29, 0.717) is 11.6 Å². The molecule has 3 nitrogen and oxygen atoms in total. The summed E-state index contributed by atoms with van der Waals surface area (Å²) < 4.78 is 13.0. The Hall–Kier alpha value is -1.58. The number of hydrogen-bond acceptors (Lipinski definition) is 1. The van der Waals surface area contributed by atoms with Crippen molar-refractivity contribution in [2.24, 2.45) is 5.92 Å². The van der Waals surface area contributed by atoms with E-state index < -0.39 is 0 Å². The Kier molecular flexibility index (Phi) is 4.40. The van der Waals surface area contributed by atoms with Crippen LogP contribution >= 0.6 is 0 Å². The molecule has 104 valence electrons. The topological polar surface area (TPSA) is 41.1 Å². The SMILES string of the molecule is Cc1cc(F)ccc1NC(=O)N[C@@H]1CCCC[C@H]1C. The summed E-state index contributed by atoms with van der Waals surface area (Å²) >= 11 is 0. The third-order valence-corrected chi connectivity index (χ3v) is 3.86. The first-order valence-electron chi connectivity index (χ1n) is 6.90. The molecule has 0 saturated heterocycles. The van der Waals surface area contributed by atoms with Crippen LogP contribution in [0.5, 0.6) is 0 Å². The van der Waals surface area contributed by atoms with Crippen molar-refractivity contribution in [1.82, 2.24) is 5.32 Å². The molecule has 0 radical (unpaired) electrons. The van der Waals surface area contributed by atoms with Gasteiger partial charge in [-0.25, -0.2) is 9.18 Å². The highest BCUT2D eigenvalue weighted by atomic mass is 19.1. The van der Waals surface area contributed by atoms with Crippen LogP contribution in [0.15, 0.2) is 18.2 Å². The zero-order valence-electron chi connectivity index (χ0n) is 11.5. The van der Waals surface area contributed by atoms with Gasteiger partial charge in [-0.3, -0.25) is 0 Å². The van der Waals surface area contributed by atoms with Gasteiger partial charge in [-0.2, -0.15) is 0 Å². The predicted octanol–water partition coefficient (Wildman–Crippen LogP) is 3.83. The molecule has 1 aliphatic carbocycles. The number of hydrogen-bond donors (Lipinski definition) is 2. The highest BCUT2D eigenvalue weighted by molar-refractivity contribution is 5.90. The van der Waals surface area contributed by atoms with E-state index in [9.17, 15) is 9.18 Å². The van der Waals surface area contributed by atoms with E-state index >= 15 is 0 Å². The maximum atomic E-state index is 13.0. The van der Waals surface area contributed by atoms with Gasteiger partial charge in [0.05, 0.1) is 0 Å². The predicted molar refractivity (Wildman–Crippen MR) is 74.7 cm³/mol. The van der Waals surface area contributed by atoms with Gasteiger partial charge >= 0.3 is 6.03 Å². The fourth-order valence-corrected chi connectivity index (χ4v) is 2.62. The van der Waals surface area contributed by atoms with E-state index in [1.807, 2.05) is 0 Å². The molecular weight excluding hydrogens is 243 g/mol. The van der Waals surface area contributed by atoms with Crippen molar-refractivity contribution < 1.29 is 9.18 Å². The van der Waals surface area contributed by atoms with Gasteiger partial charge in [0, 0.05) is 11.7 Å². The molecular formula is C15H21FN2O. The lowest BCUT2D eigenvalue weighted by Gasteiger charge is -2.29. The number of rotatable bonds is 2. The van der Waals surface area contributed by atoms with Gasteiger partial charge in [-0.05, 0) is 49.4 Å². The Morgan fingerprint density at radius 1 is 1.32 bits per heavy atom. The molecule has 19 heavy (non-hydrogen) atoms. The number of amides is 2. The summed E-state index contributed by atoms with van der Waals surface area (Å²) in [4.78, 5) is 11.9. The minimum atomic E-state index is -0.288. The van der Waals surface area contributed by atoms with Crippen LogP contribution in [-0.2, 0) is 0 Å². The molecule has 1 aromatic carbocycles. The highest BCUT2D eigenvalue weighted by Crippen LogP contribution is 2.24. The first kappa shape index (κ1) is 13.8. The average molecular weight is 264 g/mol. The maximum absolute atomic E-state index is 13.0. The second-order valence-electron chi connectivity index (χ2n) is 5.43. The number of nitrogens with one attached hydrogen (secondary N) is 2. The van der Waals surface area contributed by atoms with Crippen molar-refractivity contribution in [3.63, 3.8) is 0 Å². The fourth-order valence-electron chi connectivity index (χ4n) is 2.62. The van der Waals surface area contributed by atoms with Crippen molar-refractivity contribution in [3.8, 4) is 0 Å². The first-order chi connectivity index (χ1) is 9.06. The lowest BCUT2D eigenvalue weighted by molar-refractivity contribution is 0.232. The van der Waals surface area contributed by atoms with Crippen molar-refractivity contribution in [2.75, 3.05) is 5.32 Å². The quantitative estimate of drug-likeness (QED) is 0.837. The van der Waals surface area contributed by atoms with E-state index in [-0.39, 0.29) is 17.9 Å². The number of benzene rings is 1. The standard InChI is InChI=1S/C15H21FN2O/c1-10-5-3-4-6-13(10)17-15(19)18-14-8-7-12(16)9-11(14)2/h7-10,13H,3-6H2,1-2H3,(H2,17,18,19)/t10-,13-/m1/s1. The monoisotopic (exact) mass is 264 g/mol. The second kappa shape index (κ2) is 6.04. The zero-order chi connectivity index (χ0) is 13.8. The first-order valence-corrected chi connectivity index (χ1v) is 6.90. The van der Waals surface area contributed by atoms with Crippen LogP contribution in [0.2, 0.25) is 0 Å². The third kappa shape index (κ3) is 3.69. The van der Waals surface area contributed by atoms with Gasteiger partial charge in [0.2, 0.25) is 0 Å². The van der Waals surface area contributed by atoms with Gasteiger partial charge in [-0.15, -0.1) is 0 Å². The number of aryl methyl sites for hydroxylation is 1. The molecule has 1 saturated carbocycles. The van der Waals surface area contributed by atoms with E-state index in [1.54, 1.807) is 13.0 Å². The lowest BCUT2D eigenvalue weighted by Crippen LogP contribution is -2.43. The molecule has 2 amide bonds. The molecule has 0 heterocycles. The van der Waals surface area contributed by atoms with E-state index in [2.05, 4.69) is 17.6 Å². The molecule has 0 aromatic heterocycles. The van der Waals surface area contributed by atoms with Crippen LogP contribution in [0.1, 0.15) is 38.2 Å². The highest BCUT2D eigenvalue weighted by Gasteiger charge is 2.22. The molecule has 0 aliphatic heterocycles. The molecule has 1 aromatic rings. The van der Waals surface area contributed by atoms with Crippen molar-refractivity contribution in [2.45, 2.75) is 45.6 Å². The molecule has 4 heteroatoms. The Labute approximate surface area is 113 Å². The Morgan fingerprint density at radius 2 is 2.05 bits per heavy atom. The molecule has 2 rings (SSSR count). The van der Waals surface area contributed by atoms with E-state index in [0.717, 1.165) is 12.0 Å². The largest absolute Gasteiger partial charge is 0.335 e. The molecule has 0 bridgehead atoms. The van der Waals surface area contributed by atoms with Crippen LogP contribution in [0.3, 0.4) is 0 Å². The summed E-state index contributed by atoms with van der Waals surface area (Å²) in [5, 5.41) is 5.80. The van der Waals surface area contributed by atoms with Gasteiger partial charge in [0.25, 0.3) is 0 Å². The average Bonchev–Trinajstić information content (AvgIpc) is 2.36. The number of carbonyl (C=O) groups is 1. The van der Waals surface area contributed by atoms with Crippen molar-refractivity contribution in [1.29, 1.82) is 0 Å². The zero-order valence-corrected chi connectivity index (χ0v) is 11.5. The summed E-state index contributed by atoms with van der Waals surface area (Å²) in [5.41, 5.74) is 1.38. The van der Waals surface area contributed by atoms with Gasteiger partial charge in [-0.1, -0.05) is 19.8 Å². The lowest BCUT2D eigenvalue weighted by atomic mass is 9.86. The van der Waals surface area contributed by atoms with Crippen LogP contribution < -0.4 is 10.6 Å². The van der Waals surface area contributed by atoms with Crippen LogP contribution in [0, 0.1) is 18.7 Å². The normalized spacial score (nSPS) is 22.9. The van der Waals surface area contributed by atoms with E-state index in [1.165, 1.54) is 31.4 Å². The van der Waals surface area contributed by atoms with Crippen LogP contribution in [0.25, 0.3) is 0 Å². The second-order valence-corrected chi connectivity index (χ2v) is 5.43. The summed E-state index contributed by atoms with van der Waals surface area (Å²) in [6, 6.07) is 4.40. The molecule has 1 aliphatic rings.